The Labute approximate surface area is 160 Å². The number of thiophene rings is 1. The number of rotatable bonds is 5. The molecule has 0 bridgehead atoms. The topological polar surface area (TPSA) is 59.4 Å². The fourth-order valence-electron chi connectivity index (χ4n) is 3.17. The predicted octanol–water partition coefficient (Wildman–Crippen LogP) is 5.53. The van der Waals surface area contributed by atoms with Gasteiger partial charge in [-0.15, -0.1) is 22.9 Å². The molecule has 0 aliphatic heterocycles. The summed E-state index contributed by atoms with van der Waals surface area (Å²) in [6.45, 7) is 1.89. The maximum absolute atomic E-state index is 11.2. The molecule has 2 atom stereocenters. The molecule has 0 radical (unpaired) electrons. The first kappa shape index (κ1) is 18.5. The van der Waals surface area contributed by atoms with Gasteiger partial charge in [-0.25, -0.2) is 4.98 Å². The molecule has 0 spiro atoms. The lowest BCUT2D eigenvalue weighted by Crippen LogP contribution is -2.29. The van der Waals surface area contributed by atoms with Crippen LogP contribution in [-0.4, -0.2) is 22.2 Å². The summed E-state index contributed by atoms with van der Waals surface area (Å²) in [5, 5.41) is 9.20. The molecule has 1 saturated carbocycles. The molecule has 4 nitrogen and oxygen atoms in total. The van der Waals surface area contributed by atoms with Crippen LogP contribution in [0.2, 0.25) is 4.34 Å². The number of halogens is 2. The Kier molecular flexibility index (Phi) is 5.87. The van der Waals surface area contributed by atoms with E-state index in [4.69, 9.17) is 27.9 Å². The zero-order valence-corrected chi connectivity index (χ0v) is 16.1. The lowest BCUT2D eigenvalue weighted by atomic mass is 9.87. The minimum atomic E-state index is -0.735. The quantitative estimate of drug-likeness (QED) is 0.670. The van der Waals surface area contributed by atoms with Gasteiger partial charge >= 0.3 is 5.97 Å². The molecule has 0 saturated heterocycles. The average Bonchev–Trinajstić information content (AvgIpc) is 2.98. The molecule has 25 heavy (non-hydrogen) atoms. The summed E-state index contributed by atoms with van der Waals surface area (Å²) < 4.78 is 6.73. The molecule has 0 amide bonds. The Morgan fingerprint density at radius 3 is 2.92 bits per heavy atom. The SMILES string of the molecule is Cc1nc(-c2sc(Cl)cc2CCl)ccc1O[C@H]1CCC[C@H](C(=O)O)C1. The fourth-order valence-corrected chi connectivity index (χ4v) is 4.70. The van der Waals surface area contributed by atoms with E-state index in [-0.39, 0.29) is 12.0 Å². The molecule has 2 aromatic rings. The molecule has 1 aliphatic carbocycles. The van der Waals surface area contributed by atoms with E-state index in [0.717, 1.165) is 41.1 Å². The molecule has 1 aliphatic rings. The van der Waals surface area contributed by atoms with Gasteiger partial charge in [-0.3, -0.25) is 4.79 Å². The van der Waals surface area contributed by atoms with E-state index in [1.165, 1.54) is 11.3 Å². The van der Waals surface area contributed by atoms with E-state index in [1.807, 2.05) is 25.1 Å². The van der Waals surface area contributed by atoms with E-state index in [9.17, 15) is 9.90 Å². The molecule has 134 valence electrons. The lowest BCUT2D eigenvalue weighted by molar-refractivity contribution is -0.143. The molecular formula is C18H19Cl2NO3S. The maximum atomic E-state index is 11.2. The number of alkyl halides is 1. The first-order valence-corrected chi connectivity index (χ1v) is 9.92. The Bertz CT molecular complexity index is 778. The minimum Gasteiger partial charge on any atom is -0.489 e. The number of hydrogen-bond acceptors (Lipinski definition) is 4. The number of carbonyl (C=O) groups is 1. The highest BCUT2D eigenvalue weighted by molar-refractivity contribution is 7.19. The Hall–Kier alpha value is -1.30. The summed E-state index contributed by atoms with van der Waals surface area (Å²) in [7, 11) is 0. The molecule has 2 aromatic heterocycles. The van der Waals surface area contributed by atoms with Crippen LogP contribution in [0.15, 0.2) is 18.2 Å². The third-order valence-corrected chi connectivity index (χ3v) is 6.08. The second-order valence-electron chi connectivity index (χ2n) is 6.26. The van der Waals surface area contributed by atoms with Crippen LogP contribution in [0.25, 0.3) is 10.6 Å². The molecule has 1 N–H and O–H groups in total. The smallest absolute Gasteiger partial charge is 0.306 e. The van der Waals surface area contributed by atoms with Gasteiger partial charge in [0.05, 0.1) is 32.6 Å². The maximum Gasteiger partial charge on any atom is 0.306 e. The Morgan fingerprint density at radius 2 is 2.24 bits per heavy atom. The van der Waals surface area contributed by atoms with Crippen LogP contribution in [0.1, 0.15) is 36.9 Å². The van der Waals surface area contributed by atoms with E-state index in [2.05, 4.69) is 4.98 Å². The van der Waals surface area contributed by atoms with Crippen molar-refractivity contribution in [2.75, 3.05) is 0 Å². The van der Waals surface area contributed by atoms with Gasteiger partial charge < -0.3 is 9.84 Å². The van der Waals surface area contributed by atoms with Gasteiger partial charge in [0.15, 0.2) is 0 Å². The largest absolute Gasteiger partial charge is 0.489 e. The van der Waals surface area contributed by atoms with E-state index in [1.54, 1.807) is 0 Å². The average molecular weight is 400 g/mol. The minimum absolute atomic E-state index is 0.0733. The van der Waals surface area contributed by atoms with Crippen molar-refractivity contribution in [3.05, 3.63) is 33.8 Å². The van der Waals surface area contributed by atoms with Crippen LogP contribution in [0.5, 0.6) is 5.75 Å². The first-order valence-electron chi connectivity index (χ1n) is 8.19. The van der Waals surface area contributed by atoms with Crippen molar-refractivity contribution in [2.24, 2.45) is 5.92 Å². The molecular weight excluding hydrogens is 381 g/mol. The zero-order valence-electron chi connectivity index (χ0n) is 13.8. The van der Waals surface area contributed by atoms with Gasteiger partial charge in [-0.05, 0) is 56.4 Å². The van der Waals surface area contributed by atoms with Crippen LogP contribution in [-0.2, 0) is 10.7 Å². The third kappa shape index (κ3) is 4.27. The van der Waals surface area contributed by atoms with Gasteiger partial charge in [0.1, 0.15) is 5.75 Å². The van der Waals surface area contributed by atoms with Crippen LogP contribution in [0.3, 0.4) is 0 Å². The number of aromatic nitrogens is 1. The normalized spacial score (nSPS) is 20.4. The van der Waals surface area contributed by atoms with Crippen LogP contribution in [0.4, 0.5) is 0 Å². The number of aliphatic carboxylic acids is 1. The summed E-state index contributed by atoms with van der Waals surface area (Å²) in [5.74, 6) is 0.0401. The van der Waals surface area contributed by atoms with Gasteiger partial charge in [0, 0.05) is 5.88 Å². The summed E-state index contributed by atoms with van der Waals surface area (Å²) in [4.78, 5) is 16.8. The number of carboxylic acids is 1. The predicted molar refractivity (Wildman–Crippen MR) is 101 cm³/mol. The van der Waals surface area contributed by atoms with Crippen molar-refractivity contribution in [1.29, 1.82) is 0 Å². The zero-order chi connectivity index (χ0) is 18.0. The monoisotopic (exact) mass is 399 g/mol. The van der Waals surface area contributed by atoms with E-state index >= 15 is 0 Å². The molecule has 3 rings (SSSR count). The summed E-state index contributed by atoms with van der Waals surface area (Å²) in [5.41, 5.74) is 2.57. The summed E-state index contributed by atoms with van der Waals surface area (Å²) in [6.07, 6.45) is 2.95. The number of pyridine rings is 1. The number of carboxylic acid groups (broad SMARTS) is 1. The molecule has 0 unspecified atom stereocenters. The van der Waals surface area contributed by atoms with Crippen molar-refractivity contribution >= 4 is 40.5 Å². The van der Waals surface area contributed by atoms with Gasteiger partial charge in [-0.2, -0.15) is 0 Å². The standard InChI is InChI=1S/C18H19Cl2NO3S/c1-10-15(24-13-4-2-3-11(7-13)18(22)23)6-5-14(21-10)17-12(9-19)8-16(20)25-17/h5-6,8,11,13H,2-4,7,9H2,1H3,(H,22,23)/t11-,13-/m0/s1. The lowest BCUT2D eigenvalue weighted by Gasteiger charge is -2.27. The van der Waals surface area contributed by atoms with Crippen molar-refractivity contribution < 1.29 is 14.6 Å². The summed E-state index contributed by atoms with van der Waals surface area (Å²) >= 11 is 13.5. The van der Waals surface area contributed by atoms with Crippen LogP contribution in [0, 0.1) is 12.8 Å². The van der Waals surface area contributed by atoms with Crippen molar-refractivity contribution in [2.45, 2.75) is 44.6 Å². The van der Waals surface area contributed by atoms with E-state index < -0.39 is 5.97 Å². The highest BCUT2D eigenvalue weighted by atomic mass is 35.5. The first-order chi connectivity index (χ1) is 12.0. The fraction of sp³-hybridized carbons (Fsp3) is 0.444. The number of nitrogens with zero attached hydrogens (tertiary/aromatic N) is 1. The summed E-state index contributed by atoms with van der Waals surface area (Å²) in [6, 6.07) is 5.66. The second kappa shape index (κ2) is 7.94. The van der Waals surface area contributed by atoms with Crippen molar-refractivity contribution in [1.82, 2.24) is 4.98 Å². The van der Waals surface area contributed by atoms with E-state index in [0.29, 0.717) is 22.4 Å². The van der Waals surface area contributed by atoms with Crippen molar-refractivity contribution in [3.63, 3.8) is 0 Å². The van der Waals surface area contributed by atoms with Crippen LogP contribution >= 0.6 is 34.5 Å². The van der Waals surface area contributed by atoms with Gasteiger partial charge in [0.2, 0.25) is 0 Å². The number of hydrogen-bond donors (Lipinski definition) is 1. The second-order valence-corrected chi connectivity index (χ2v) is 8.21. The molecule has 1 fully saturated rings. The van der Waals surface area contributed by atoms with Gasteiger partial charge in [-0.1, -0.05) is 11.6 Å². The highest BCUT2D eigenvalue weighted by Crippen LogP contribution is 2.37. The number of aryl methyl sites for hydroxylation is 1. The highest BCUT2D eigenvalue weighted by Gasteiger charge is 2.28. The molecule has 7 heteroatoms. The van der Waals surface area contributed by atoms with Crippen molar-refractivity contribution in [3.8, 4) is 16.3 Å². The Balaban J connectivity index is 1.77. The Morgan fingerprint density at radius 1 is 1.44 bits per heavy atom. The van der Waals surface area contributed by atoms with Crippen LogP contribution < -0.4 is 4.74 Å². The number of ether oxygens (including phenoxy) is 1. The van der Waals surface area contributed by atoms with Gasteiger partial charge in [0.25, 0.3) is 0 Å². The molecule has 0 aromatic carbocycles. The molecule has 2 heterocycles. The third-order valence-electron chi connectivity index (χ3n) is 4.46.